The lowest BCUT2D eigenvalue weighted by molar-refractivity contribution is -0.157. The molecule has 0 heterocycles. The van der Waals surface area contributed by atoms with Crippen molar-refractivity contribution in [1.29, 1.82) is 0 Å². The first-order valence-electron chi connectivity index (χ1n) is 6.02. The van der Waals surface area contributed by atoms with Gasteiger partial charge in [-0.15, -0.1) is 0 Å². The molecule has 0 aromatic rings. The molecule has 3 N–H and O–H groups in total. The van der Waals surface area contributed by atoms with E-state index >= 15 is 0 Å². The zero-order valence-corrected chi connectivity index (χ0v) is 11.2. The van der Waals surface area contributed by atoms with E-state index in [9.17, 15) is 4.79 Å². The van der Waals surface area contributed by atoms with Crippen LogP contribution in [0.25, 0.3) is 0 Å². The summed E-state index contributed by atoms with van der Waals surface area (Å²) < 4.78 is 5.31. The van der Waals surface area contributed by atoms with E-state index in [4.69, 9.17) is 10.5 Å². The third-order valence-corrected chi connectivity index (χ3v) is 2.25. The number of hydrogen-bond donors (Lipinski definition) is 2. The Morgan fingerprint density at radius 3 is 2.25 bits per heavy atom. The lowest BCUT2D eigenvalue weighted by Crippen LogP contribution is -2.45. The number of carbonyl (C=O) groups excluding carboxylic acids is 1. The fourth-order valence-electron chi connectivity index (χ4n) is 1.21. The first-order valence-corrected chi connectivity index (χ1v) is 6.02. The lowest BCUT2D eigenvalue weighted by Gasteiger charge is -2.24. The zero-order chi connectivity index (χ0) is 12.8. The van der Waals surface area contributed by atoms with Crippen molar-refractivity contribution in [1.82, 2.24) is 5.32 Å². The van der Waals surface area contributed by atoms with Crippen molar-refractivity contribution >= 4 is 5.97 Å². The first-order chi connectivity index (χ1) is 7.30. The molecule has 0 amide bonds. The van der Waals surface area contributed by atoms with Gasteiger partial charge in [-0.2, -0.15) is 0 Å². The van der Waals surface area contributed by atoms with Gasteiger partial charge in [-0.1, -0.05) is 13.8 Å². The number of carbonyl (C=O) groups is 1. The molecule has 0 aliphatic heterocycles. The zero-order valence-electron chi connectivity index (χ0n) is 11.2. The van der Waals surface area contributed by atoms with Crippen LogP contribution < -0.4 is 11.1 Å². The maximum atomic E-state index is 11.8. The van der Waals surface area contributed by atoms with E-state index < -0.39 is 5.60 Å². The summed E-state index contributed by atoms with van der Waals surface area (Å²) in [6.45, 7) is 10.2. The molecule has 0 rings (SSSR count). The van der Waals surface area contributed by atoms with Crippen LogP contribution in [0.3, 0.4) is 0 Å². The molecular formula is C12H26N2O2. The topological polar surface area (TPSA) is 64.3 Å². The average molecular weight is 230 g/mol. The predicted octanol–water partition coefficient (Wildman–Crippen LogP) is 1.43. The molecule has 4 nitrogen and oxygen atoms in total. The summed E-state index contributed by atoms with van der Waals surface area (Å²) >= 11 is 0. The van der Waals surface area contributed by atoms with Crippen LogP contribution in [-0.2, 0) is 9.53 Å². The lowest BCUT2D eigenvalue weighted by atomic mass is 10.1. The van der Waals surface area contributed by atoms with Crippen molar-refractivity contribution in [3.63, 3.8) is 0 Å². The molecule has 0 aromatic heterocycles. The van der Waals surface area contributed by atoms with Crippen LogP contribution in [0.4, 0.5) is 0 Å². The van der Waals surface area contributed by atoms with E-state index in [0.717, 1.165) is 6.42 Å². The maximum Gasteiger partial charge on any atom is 0.323 e. The average Bonchev–Trinajstić information content (AvgIpc) is 2.15. The Morgan fingerprint density at radius 2 is 1.88 bits per heavy atom. The van der Waals surface area contributed by atoms with Crippen molar-refractivity contribution in [2.75, 3.05) is 6.54 Å². The minimum absolute atomic E-state index is 0.0940. The Hall–Kier alpha value is -0.610. The van der Waals surface area contributed by atoms with E-state index in [0.29, 0.717) is 13.0 Å². The van der Waals surface area contributed by atoms with Crippen molar-refractivity contribution in [2.45, 2.75) is 65.1 Å². The van der Waals surface area contributed by atoms with Crippen molar-refractivity contribution in [3.05, 3.63) is 0 Å². The molecule has 0 aliphatic carbocycles. The van der Waals surface area contributed by atoms with Crippen LogP contribution in [0.5, 0.6) is 0 Å². The second-order valence-corrected chi connectivity index (χ2v) is 5.07. The molecule has 0 aliphatic rings. The van der Waals surface area contributed by atoms with Gasteiger partial charge in [-0.25, -0.2) is 0 Å². The summed E-state index contributed by atoms with van der Waals surface area (Å²) in [5.41, 5.74) is 5.36. The minimum Gasteiger partial charge on any atom is -0.459 e. The number of rotatable bonds is 6. The van der Waals surface area contributed by atoms with Gasteiger partial charge >= 0.3 is 5.97 Å². The molecule has 0 saturated heterocycles. The highest BCUT2D eigenvalue weighted by Gasteiger charge is 2.23. The normalized spacial score (nSPS) is 15.6. The second kappa shape index (κ2) is 6.86. The van der Waals surface area contributed by atoms with Crippen LogP contribution in [0, 0.1) is 0 Å². The Morgan fingerprint density at radius 1 is 1.31 bits per heavy atom. The third-order valence-electron chi connectivity index (χ3n) is 2.25. The standard InChI is InChI=1S/C12H26N2O2/c1-6-9(13)8-14-10(7-2)11(15)16-12(3,4)5/h9-10,14H,6-8,13H2,1-5H3/t9-,10-/m0/s1. The first kappa shape index (κ1) is 15.4. The van der Waals surface area contributed by atoms with Crippen molar-refractivity contribution < 1.29 is 9.53 Å². The summed E-state index contributed by atoms with van der Waals surface area (Å²) in [4.78, 5) is 11.8. The molecule has 4 heteroatoms. The molecule has 0 spiro atoms. The summed E-state index contributed by atoms with van der Waals surface area (Å²) in [6.07, 6.45) is 1.61. The SMILES string of the molecule is CC[C@H](N)CN[C@@H](CC)C(=O)OC(C)(C)C. The molecule has 0 unspecified atom stereocenters. The number of esters is 1. The van der Waals surface area contributed by atoms with Gasteiger partial charge in [0.05, 0.1) is 0 Å². The van der Waals surface area contributed by atoms with E-state index in [-0.39, 0.29) is 18.1 Å². The summed E-state index contributed by atoms with van der Waals surface area (Å²) in [6, 6.07) is -0.159. The van der Waals surface area contributed by atoms with Crippen molar-refractivity contribution in [3.8, 4) is 0 Å². The van der Waals surface area contributed by atoms with E-state index in [1.807, 2.05) is 34.6 Å². The minimum atomic E-state index is -0.431. The van der Waals surface area contributed by atoms with Crippen LogP contribution in [-0.4, -0.2) is 30.2 Å². The molecule has 0 fully saturated rings. The van der Waals surface area contributed by atoms with E-state index in [1.165, 1.54) is 0 Å². The molecular weight excluding hydrogens is 204 g/mol. The van der Waals surface area contributed by atoms with Crippen LogP contribution in [0.2, 0.25) is 0 Å². The van der Waals surface area contributed by atoms with Gasteiger partial charge in [0.2, 0.25) is 0 Å². The molecule has 2 atom stereocenters. The van der Waals surface area contributed by atoms with Gasteiger partial charge in [0.1, 0.15) is 11.6 Å². The fourth-order valence-corrected chi connectivity index (χ4v) is 1.21. The largest absolute Gasteiger partial charge is 0.459 e. The Bertz CT molecular complexity index is 212. The number of hydrogen-bond acceptors (Lipinski definition) is 4. The molecule has 0 saturated carbocycles. The van der Waals surface area contributed by atoms with Crippen LogP contribution >= 0.6 is 0 Å². The monoisotopic (exact) mass is 230 g/mol. The van der Waals surface area contributed by atoms with E-state index in [1.54, 1.807) is 0 Å². The highest BCUT2D eigenvalue weighted by atomic mass is 16.6. The molecule has 0 bridgehead atoms. The number of nitrogens with two attached hydrogens (primary N) is 1. The van der Waals surface area contributed by atoms with Gasteiger partial charge in [0.25, 0.3) is 0 Å². The summed E-state index contributed by atoms with van der Waals surface area (Å²) in [5, 5.41) is 3.14. The Labute approximate surface area is 98.9 Å². The molecule has 96 valence electrons. The Balaban J connectivity index is 4.12. The van der Waals surface area contributed by atoms with Gasteiger partial charge in [0.15, 0.2) is 0 Å². The molecule has 0 aromatic carbocycles. The molecule has 16 heavy (non-hydrogen) atoms. The maximum absolute atomic E-state index is 11.8. The summed E-state index contributed by atoms with van der Waals surface area (Å²) in [7, 11) is 0. The van der Waals surface area contributed by atoms with E-state index in [2.05, 4.69) is 5.32 Å². The second-order valence-electron chi connectivity index (χ2n) is 5.07. The van der Waals surface area contributed by atoms with Gasteiger partial charge < -0.3 is 15.8 Å². The summed E-state index contributed by atoms with van der Waals surface area (Å²) in [5.74, 6) is -0.196. The van der Waals surface area contributed by atoms with Gasteiger partial charge in [0, 0.05) is 12.6 Å². The fraction of sp³-hybridized carbons (Fsp3) is 0.917. The smallest absolute Gasteiger partial charge is 0.323 e. The molecule has 0 radical (unpaired) electrons. The van der Waals surface area contributed by atoms with Gasteiger partial charge in [-0.3, -0.25) is 4.79 Å². The number of ether oxygens (including phenoxy) is 1. The van der Waals surface area contributed by atoms with Crippen molar-refractivity contribution in [2.24, 2.45) is 5.73 Å². The van der Waals surface area contributed by atoms with Gasteiger partial charge in [-0.05, 0) is 33.6 Å². The van der Waals surface area contributed by atoms with Crippen LogP contribution in [0.15, 0.2) is 0 Å². The highest BCUT2D eigenvalue weighted by molar-refractivity contribution is 5.76. The highest BCUT2D eigenvalue weighted by Crippen LogP contribution is 2.09. The quantitative estimate of drug-likeness (QED) is 0.678. The third kappa shape index (κ3) is 6.80. The van der Waals surface area contributed by atoms with Crippen LogP contribution in [0.1, 0.15) is 47.5 Å². The predicted molar refractivity (Wildman–Crippen MR) is 66.2 cm³/mol. The number of nitrogens with one attached hydrogen (secondary N) is 1. The Kier molecular flexibility index (Phi) is 6.60.